The van der Waals surface area contributed by atoms with E-state index >= 15 is 0 Å². The molecule has 0 saturated carbocycles. The summed E-state index contributed by atoms with van der Waals surface area (Å²) in [7, 11) is 0. The summed E-state index contributed by atoms with van der Waals surface area (Å²) < 4.78 is 9.59. The lowest BCUT2D eigenvalue weighted by Crippen LogP contribution is -2.07. The van der Waals surface area contributed by atoms with Crippen LogP contribution in [0.3, 0.4) is 0 Å². The molecule has 1 unspecified atom stereocenters. The lowest BCUT2D eigenvalue weighted by molar-refractivity contribution is -0.139. The molecule has 14 heavy (non-hydrogen) atoms. The summed E-state index contributed by atoms with van der Waals surface area (Å²) in [6, 6.07) is 9.63. The Morgan fingerprint density at radius 1 is 1.43 bits per heavy atom. The van der Waals surface area contributed by atoms with Gasteiger partial charge in [-0.25, -0.2) is 4.79 Å². The summed E-state index contributed by atoms with van der Waals surface area (Å²) in [5.74, 6) is -0.322. The Morgan fingerprint density at radius 2 is 2.14 bits per heavy atom. The van der Waals surface area contributed by atoms with Gasteiger partial charge in [0.1, 0.15) is 0 Å². The number of benzene rings is 1. The van der Waals surface area contributed by atoms with Crippen LogP contribution < -0.4 is 0 Å². The van der Waals surface area contributed by atoms with E-state index in [4.69, 9.17) is 9.47 Å². The number of esters is 1. The molecule has 1 aromatic carbocycles. The highest BCUT2D eigenvalue weighted by atomic mass is 16.6. The first kappa shape index (κ1) is 8.97. The fourth-order valence-corrected chi connectivity index (χ4v) is 1.00. The van der Waals surface area contributed by atoms with Crippen molar-refractivity contribution in [2.45, 2.75) is 6.10 Å². The smallest absolute Gasteiger partial charge is 0.342 e. The summed E-state index contributed by atoms with van der Waals surface area (Å²) in [4.78, 5) is 11.0. The van der Waals surface area contributed by atoms with Crippen LogP contribution in [0.5, 0.6) is 0 Å². The maximum Gasteiger partial charge on any atom is 0.342 e. The summed E-state index contributed by atoms with van der Waals surface area (Å²) in [5, 5.41) is 0. The zero-order valence-electron chi connectivity index (χ0n) is 7.55. The van der Waals surface area contributed by atoms with Crippen LogP contribution in [-0.2, 0) is 14.3 Å². The Hall–Kier alpha value is -1.61. The number of rotatable bonds is 3. The fraction of sp³-hybridized carbons (Fsp3) is 0.182. The third-order valence-corrected chi connectivity index (χ3v) is 1.84. The van der Waals surface area contributed by atoms with Crippen molar-refractivity contribution in [2.24, 2.45) is 0 Å². The van der Waals surface area contributed by atoms with Crippen molar-refractivity contribution in [3.05, 3.63) is 42.2 Å². The second-order valence-electron chi connectivity index (χ2n) is 2.97. The first-order valence-corrected chi connectivity index (χ1v) is 4.40. The van der Waals surface area contributed by atoms with Crippen LogP contribution >= 0.6 is 0 Å². The first-order chi connectivity index (χ1) is 6.86. The molecule has 1 aromatic rings. The van der Waals surface area contributed by atoms with E-state index in [1.54, 1.807) is 6.08 Å². The molecule has 1 atom stereocenters. The van der Waals surface area contributed by atoms with Gasteiger partial charge in [-0.15, -0.1) is 0 Å². The quantitative estimate of drug-likeness (QED) is 0.413. The largest absolute Gasteiger partial charge is 0.432 e. The predicted molar refractivity (Wildman–Crippen MR) is 51.3 cm³/mol. The second-order valence-corrected chi connectivity index (χ2v) is 2.97. The average Bonchev–Trinajstić information content (AvgIpc) is 3.02. The molecule has 0 N–H and O–H groups in total. The Morgan fingerprint density at radius 3 is 2.79 bits per heavy atom. The van der Waals surface area contributed by atoms with Gasteiger partial charge in [-0.1, -0.05) is 30.3 Å². The second kappa shape index (κ2) is 4.07. The molecule has 0 amide bonds. The van der Waals surface area contributed by atoms with Crippen LogP contribution in [0.25, 0.3) is 6.08 Å². The molecule has 3 nitrogen and oxygen atoms in total. The molecule has 0 radical (unpaired) electrons. The number of ether oxygens (including phenoxy) is 2. The van der Waals surface area contributed by atoms with E-state index in [2.05, 4.69) is 0 Å². The molecule has 3 heteroatoms. The van der Waals surface area contributed by atoms with Gasteiger partial charge in [0.2, 0.25) is 0 Å². The predicted octanol–water partition coefficient (Wildman–Crippen LogP) is 1.60. The van der Waals surface area contributed by atoms with E-state index in [0.717, 1.165) is 5.56 Å². The van der Waals surface area contributed by atoms with E-state index in [0.29, 0.717) is 6.61 Å². The van der Waals surface area contributed by atoms with E-state index in [1.165, 1.54) is 6.26 Å². The van der Waals surface area contributed by atoms with Crippen LogP contribution in [0.2, 0.25) is 0 Å². The monoisotopic (exact) mass is 190 g/mol. The van der Waals surface area contributed by atoms with E-state index in [1.807, 2.05) is 30.3 Å². The van der Waals surface area contributed by atoms with Crippen LogP contribution in [0.1, 0.15) is 5.56 Å². The molecular weight excluding hydrogens is 180 g/mol. The van der Waals surface area contributed by atoms with Gasteiger partial charge in [-0.3, -0.25) is 0 Å². The normalized spacial score (nSPS) is 19.6. The molecule has 1 aliphatic heterocycles. The SMILES string of the molecule is O=C(O/C=C/c1ccccc1)C1CO1. The first-order valence-electron chi connectivity index (χ1n) is 4.40. The highest BCUT2D eigenvalue weighted by molar-refractivity contribution is 5.77. The molecule has 0 bridgehead atoms. The minimum atomic E-state index is -0.338. The molecule has 0 aromatic heterocycles. The zero-order chi connectivity index (χ0) is 9.80. The van der Waals surface area contributed by atoms with Gasteiger partial charge < -0.3 is 9.47 Å². The molecule has 0 aliphatic carbocycles. The standard InChI is InChI=1S/C11H10O3/c12-11(10-8-14-10)13-7-6-9-4-2-1-3-5-9/h1-7,10H,8H2/b7-6+. The maximum atomic E-state index is 11.0. The van der Waals surface area contributed by atoms with Gasteiger partial charge in [0, 0.05) is 0 Å². The number of hydrogen-bond acceptors (Lipinski definition) is 3. The van der Waals surface area contributed by atoms with Gasteiger partial charge in [-0.05, 0) is 11.6 Å². The third kappa shape index (κ3) is 2.44. The van der Waals surface area contributed by atoms with Gasteiger partial charge >= 0.3 is 5.97 Å². The van der Waals surface area contributed by atoms with Gasteiger partial charge in [0.15, 0.2) is 6.10 Å². The molecule has 2 rings (SSSR count). The Balaban J connectivity index is 1.85. The molecule has 0 spiro atoms. The van der Waals surface area contributed by atoms with Crippen molar-refractivity contribution in [1.29, 1.82) is 0 Å². The highest BCUT2D eigenvalue weighted by Gasteiger charge is 2.32. The van der Waals surface area contributed by atoms with E-state index in [-0.39, 0.29) is 12.1 Å². The number of carbonyl (C=O) groups excluding carboxylic acids is 1. The molecule has 1 fully saturated rings. The molecule has 1 aliphatic rings. The third-order valence-electron chi connectivity index (χ3n) is 1.84. The molecular formula is C11H10O3. The number of carbonyl (C=O) groups is 1. The summed E-state index contributed by atoms with van der Waals surface area (Å²) in [6.07, 6.45) is 2.79. The van der Waals surface area contributed by atoms with Crippen LogP contribution in [0, 0.1) is 0 Å². The molecule has 1 heterocycles. The Labute approximate surface area is 81.9 Å². The van der Waals surface area contributed by atoms with Crippen molar-refractivity contribution in [2.75, 3.05) is 6.61 Å². The average molecular weight is 190 g/mol. The molecule has 1 saturated heterocycles. The zero-order valence-corrected chi connectivity index (χ0v) is 7.55. The Kier molecular flexibility index (Phi) is 2.60. The molecule has 72 valence electrons. The van der Waals surface area contributed by atoms with Crippen molar-refractivity contribution in [3.8, 4) is 0 Å². The topological polar surface area (TPSA) is 38.8 Å². The van der Waals surface area contributed by atoms with E-state index in [9.17, 15) is 4.79 Å². The number of hydrogen-bond donors (Lipinski definition) is 0. The van der Waals surface area contributed by atoms with Crippen molar-refractivity contribution >= 4 is 12.0 Å². The fourth-order valence-electron chi connectivity index (χ4n) is 1.00. The Bertz CT molecular complexity index is 339. The maximum absolute atomic E-state index is 11.0. The lowest BCUT2D eigenvalue weighted by Gasteiger charge is -1.94. The van der Waals surface area contributed by atoms with Crippen LogP contribution in [-0.4, -0.2) is 18.7 Å². The minimum absolute atomic E-state index is 0.322. The van der Waals surface area contributed by atoms with Crippen LogP contribution in [0.15, 0.2) is 36.6 Å². The minimum Gasteiger partial charge on any atom is -0.432 e. The summed E-state index contributed by atoms with van der Waals surface area (Å²) in [6.45, 7) is 0.484. The van der Waals surface area contributed by atoms with Gasteiger partial charge in [0.05, 0.1) is 12.9 Å². The van der Waals surface area contributed by atoms with Gasteiger partial charge in [-0.2, -0.15) is 0 Å². The van der Waals surface area contributed by atoms with Crippen molar-refractivity contribution in [3.63, 3.8) is 0 Å². The van der Waals surface area contributed by atoms with E-state index < -0.39 is 0 Å². The summed E-state index contributed by atoms with van der Waals surface area (Å²) >= 11 is 0. The van der Waals surface area contributed by atoms with Crippen LogP contribution in [0.4, 0.5) is 0 Å². The van der Waals surface area contributed by atoms with Crippen molar-refractivity contribution < 1.29 is 14.3 Å². The lowest BCUT2D eigenvalue weighted by atomic mass is 10.2. The van der Waals surface area contributed by atoms with Gasteiger partial charge in [0.25, 0.3) is 0 Å². The number of epoxide rings is 1. The van der Waals surface area contributed by atoms with Crippen molar-refractivity contribution in [1.82, 2.24) is 0 Å². The summed E-state index contributed by atoms with van der Waals surface area (Å²) in [5.41, 5.74) is 0.997. The highest BCUT2D eigenvalue weighted by Crippen LogP contribution is 2.11.